The summed E-state index contributed by atoms with van der Waals surface area (Å²) in [6, 6.07) is 3.83. The van der Waals surface area contributed by atoms with E-state index in [0.717, 1.165) is 19.3 Å². The van der Waals surface area contributed by atoms with Crippen molar-refractivity contribution in [3.8, 4) is 5.75 Å². The number of ether oxygens (including phenoxy) is 1. The fourth-order valence-electron chi connectivity index (χ4n) is 2.71. The molecule has 0 spiro atoms. The second-order valence-electron chi connectivity index (χ2n) is 5.89. The number of aliphatic hydroxyl groups excluding tert-OH is 1. The van der Waals surface area contributed by atoms with Gasteiger partial charge in [0.25, 0.3) is 0 Å². The van der Waals surface area contributed by atoms with Crippen molar-refractivity contribution in [1.29, 1.82) is 0 Å². The van der Waals surface area contributed by atoms with Crippen LogP contribution in [0.15, 0.2) is 18.2 Å². The lowest BCUT2D eigenvalue weighted by Crippen LogP contribution is -2.41. The highest BCUT2D eigenvalue weighted by molar-refractivity contribution is 5.89. The van der Waals surface area contributed by atoms with Crippen LogP contribution in [0.2, 0.25) is 0 Å². The Morgan fingerprint density at radius 2 is 2.23 bits per heavy atom. The molecule has 3 N–H and O–H groups in total. The van der Waals surface area contributed by atoms with Crippen molar-refractivity contribution in [2.45, 2.75) is 45.3 Å². The van der Waals surface area contributed by atoms with Crippen LogP contribution in [0.5, 0.6) is 5.75 Å². The quantitative estimate of drug-likeness (QED) is 0.783. The average molecular weight is 310 g/mol. The Labute approximate surface area is 129 Å². The van der Waals surface area contributed by atoms with E-state index in [9.17, 15) is 14.3 Å². The number of hydrogen-bond acceptors (Lipinski definition) is 3. The van der Waals surface area contributed by atoms with Gasteiger partial charge in [0.2, 0.25) is 0 Å². The Bertz CT molecular complexity index is 522. The third-order valence-electron chi connectivity index (χ3n) is 3.77. The van der Waals surface area contributed by atoms with E-state index >= 15 is 0 Å². The van der Waals surface area contributed by atoms with Crippen LogP contribution >= 0.6 is 0 Å². The number of hydrogen-bond donors (Lipinski definition) is 3. The highest BCUT2D eigenvalue weighted by Crippen LogP contribution is 2.25. The number of amides is 2. The van der Waals surface area contributed by atoms with Gasteiger partial charge in [0.15, 0.2) is 0 Å². The maximum Gasteiger partial charge on any atom is 0.319 e. The molecular weight excluding hydrogens is 287 g/mol. The van der Waals surface area contributed by atoms with Crippen molar-refractivity contribution in [1.82, 2.24) is 5.32 Å². The summed E-state index contributed by atoms with van der Waals surface area (Å²) in [7, 11) is 0. The molecule has 1 aromatic rings. The van der Waals surface area contributed by atoms with Gasteiger partial charge in [0.05, 0.1) is 11.8 Å². The summed E-state index contributed by atoms with van der Waals surface area (Å²) in [6.07, 6.45) is 2.67. The summed E-state index contributed by atoms with van der Waals surface area (Å²) in [6.45, 7) is 3.77. The molecule has 2 rings (SSSR count). The Kier molecular flexibility index (Phi) is 5.60. The third-order valence-corrected chi connectivity index (χ3v) is 3.77. The topological polar surface area (TPSA) is 70.6 Å². The van der Waals surface area contributed by atoms with Gasteiger partial charge in [-0.3, -0.25) is 0 Å². The predicted octanol–water partition coefficient (Wildman–Crippen LogP) is 2.90. The van der Waals surface area contributed by atoms with Crippen LogP contribution in [-0.4, -0.2) is 29.9 Å². The van der Waals surface area contributed by atoms with E-state index in [4.69, 9.17) is 4.74 Å². The van der Waals surface area contributed by atoms with Gasteiger partial charge in [-0.05, 0) is 38.8 Å². The van der Waals surface area contributed by atoms with E-state index in [0.29, 0.717) is 5.75 Å². The molecule has 1 aromatic carbocycles. The van der Waals surface area contributed by atoms with E-state index in [2.05, 4.69) is 10.6 Å². The van der Waals surface area contributed by atoms with Crippen molar-refractivity contribution >= 4 is 11.7 Å². The lowest BCUT2D eigenvalue weighted by Gasteiger charge is -2.19. The minimum Gasteiger partial charge on any atom is -0.491 e. The zero-order valence-corrected chi connectivity index (χ0v) is 12.9. The largest absolute Gasteiger partial charge is 0.491 e. The van der Waals surface area contributed by atoms with Gasteiger partial charge in [-0.25, -0.2) is 9.18 Å². The van der Waals surface area contributed by atoms with Gasteiger partial charge < -0.3 is 20.5 Å². The number of halogens is 1. The Morgan fingerprint density at radius 1 is 1.45 bits per heavy atom. The smallest absolute Gasteiger partial charge is 0.319 e. The summed E-state index contributed by atoms with van der Waals surface area (Å²) in [5.74, 6) is -0.0366. The van der Waals surface area contributed by atoms with Gasteiger partial charge in [-0.15, -0.1) is 0 Å². The lowest BCUT2D eigenvalue weighted by atomic mass is 10.1. The first kappa shape index (κ1) is 16.5. The van der Waals surface area contributed by atoms with E-state index in [-0.39, 0.29) is 30.4 Å². The van der Waals surface area contributed by atoms with Crippen molar-refractivity contribution < 1.29 is 19.0 Å². The molecule has 0 unspecified atom stereocenters. The predicted molar refractivity (Wildman–Crippen MR) is 82.5 cm³/mol. The fraction of sp³-hybridized carbons (Fsp3) is 0.562. The molecule has 6 heteroatoms. The summed E-state index contributed by atoms with van der Waals surface area (Å²) < 4.78 is 19.3. The molecule has 122 valence electrons. The van der Waals surface area contributed by atoms with Gasteiger partial charge >= 0.3 is 6.03 Å². The molecular formula is C16H23FN2O3. The second-order valence-corrected chi connectivity index (χ2v) is 5.89. The van der Waals surface area contributed by atoms with E-state index in [1.807, 2.05) is 13.8 Å². The van der Waals surface area contributed by atoms with Crippen molar-refractivity contribution in [3.63, 3.8) is 0 Å². The molecule has 0 aliphatic heterocycles. The first-order chi connectivity index (χ1) is 10.5. The SMILES string of the molecule is CC(C)Oc1ccc(NC(=O)N[C@H]2CCC[C@H]2CO)c(F)c1. The Hall–Kier alpha value is -1.82. The maximum atomic E-state index is 14.0. The summed E-state index contributed by atoms with van der Waals surface area (Å²) in [5.41, 5.74) is 0.104. The monoisotopic (exact) mass is 310 g/mol. The number of anilines is 1. The highest BCUT2D eigenvalue weighted by atomic mass is 19.1. The first-order valence-corrected chi connectivity index (χ1v) is 7.64. The number of benzene rings is 1. The molecule has 0 aromatic heterocycles. The molecule has 0 heterocycles. The van der Waals surface area contributed by atoms with Crippen molar-refractivity contribution in [2.75, 3.05) is 11.9 Å². The number of carbonyl (C=O) groups is 1. The standard InChI is InChI=1S/C16H23FN2O3/c1-10(2)22-12-6-7-15(13(17)8-12)19-16(21)18-14-5-3-4-11(14)9-20/h6-8,10-11,14,20H,3-5,9H2,1-2H3,(H2,18,19,21)/t11-,14-/m0/s1. The van der Waals surface area contributed by atoms with E-state index in [1.165, 1.54) is 12.1 Å². The molecule has 5 nitrogen and oxygen atoms in total. The molecule has 0 bridgehead atoms. The zero-order chi connectivity index (χ0) is 16.1. The minimum atomic E-state index is -0.543. The highest BCUT2D eigenvalue weighted by Gasteiger charge is 2.27. The summed E-state index contributed by atoms with van der Waals surface area (Å²) in [5, 5.41) is 14.5. The van der Waals surface area contributed by atoms with E-state index < -0.39 is 11.8 Å². The van der Waals surface area contributed by atoms with Crippen LogP contribution in [0.25, 0.3) is 0 Å². The average Bonchev–Trinajstić information content (AvgIpc) is 2.88. The Morgan fingerprint density at radius 3 is 2.86 bits per heavy atom. The fourth-order valence-corrected chi connectivity index (χ4v) is 2.71. The van der Waals surface area contributed by atoms with Crippen molar-refractivity contribution in [2.24, 2.45) is 5.92 Å². The molecule has 1 saturated carbocycles. The Balaban J connectivity index is 1.94. The van der Waals surface area contributed by atoms with Crippen molar-refractivity contribution in [3.05, 3.63) is 24.0 Å². The molecule has 0 saturated heterocycles. The van der Waals surface area contributed by atoms with Crippen LogP contribution in [-0.2, 0) is 0 Å². The van der Waals surface area contributed by atoms with E-state index in [1.54, 1.807) is 6.07 Å². The van der Waals surface area contributed by atoms with Gasteiger partial charge in [0, 0.05) is 24.6 Å². The second kappa shape index (κ2) is 7.45. The van der Waals surface area contributed by atoms with Gasteiger partial charge in [0.1, 0.15) is 11.6 Å². The first-order valence-electron chi connectivity index (χ1n) is 7.64. The normalized spacial score (nSPS) is 21.0. The molecule has 22 heavy (non-hydrogen) atoms. The van der Waals surface area contributed by atoms with Crippen LogP contribution in [0.3, 0.4) is 0 Å². The zero-order valence-electron chi connectivity index (χ0n) is 12.9. The number of urea groups is 1. The molecule has 2 amide bonds. The molecule has 0 radical (unpaired) electrons. The molecule has 2 atom stereocenters. The number of carbonyl (C=O) groups excluding carboxylic acids is 1. The summed E-state index contributed by atoms with van der Waals surface area (Å²) >= 11 is 0. The summed E-state index contributed by atoms with van der Waals surface area (Å²) in [4.78, 5) is 11.9. The van der Waals surface area contributed by atoms with Crippen LogP contribution in [0.1, 0.15) is 33.1 Å². The van der Waals surface area contributed by atoms with Gasteiger partial charge in [-0.1, -0.05) is 6.42 Å². The molecule has 1 aliphatic rings. The molecule has 1 aliphatic carbocycles. The van der Waals surface area contributed by atoms with Crippen LogP contribution in [0, 0.1) is 11.7 Å². The van der Waals surface area contributed by atoms with Crippen LogP contribution in [0.4, 0.5) is 14.9 Å². The van der Waals surface area contributed by atoms with Crippen LogP contribution < -0.4 is 15.4 Å². The maximum absolute atomic E-state index is 14.0. The lowest BCUT2D eigenvalue weighted by molar-refractivity contribution is 0.203. The number of rotatable bonds is 5. The third kappa shape index (κ3) is 4.34. The number of aliphatic hydroxyl groups is 1. The van der Waals surface area contributed by atoms with Gasteiger partial charge in [-0.2, -0.15) is 0 Å². The number of nitrogens with one attached hydrogen (secondary N) is 2. The minimum absolute atomic E-state index is 0.0423. The molecule has 1 fully saturated rings.